The maximum atomic E-state index is 2.52. The summed E-state index contributed by atoms with van der Waals surface area (Å²) in [7, 11) is 0. The molecule has 2 rings (SSSR count). The lowest BCUT2D eigenvalue weighted by atomic mass is 9.62. The first-order valence-electron chi connectivity index (χ1n) is 14.6. The summed E-state index contributed by atoms with van der Waals surface area (Å²) in [5, 5.41) is 0. The van der Waals surface area contributed by atoms with E-state index in [1.165, 1.54) is 103 Å². The van der Waals surface area contributed by atoms with Crippen molar-refractivity contribution in [3.05, 3.63) is 0 Å². The minimum atomic E-state index is 0.685. The average Bonchev–Trinajstić information content (AvgIpc) is 2.90. The van der Waals surface area contributed by atoms with Gasteiger partial charge in [0.1, 0.15) is 0 Å². The van der Waals surface area contributed by atoms with E-state index in [-0.39, 0.29) is 0 Å². The summed E-state index contributed by atoms with van der Waals surface area (Å²) >= 11 is 0. The molecule has 2 aliphatic rings. The van der Waals surface area contributed by atoms with Gasteiger partial charge in [-0.15, -0.1) is 0 Å². The Kier molecular flexibility index (Phi) is 13.1. The van der Waals surface area contributed by atoms with Gasteiger partial charge in [0.05, 0.1) is 0 Å². The molecule has 0 spiro atoms. The van der Waals surface area contributed by atoms with Gasteiger partial charge in [-0.05, 0) is 61.2 Å². The van der Waals surface area contributed by atoms with Gasteiger partial charge in [0.15, 0.2) is 0 Å². The largest absolute Gasteiger partial charge is 0.0654 e. The van der Waals surface area contributed by atoms with Crippen LogP contribution in [-0.4, -0.2) is 0 Å². The Bertz CT molecular complexity index is 400. The molecule has 3 unspecified atom stereocenters. The maximum Gasteiger partial charge on any atom is -0.0267 e. The zero-order chi connectivity index (χ0) is 21.7. The van der Waals surface area contributed by atoms with Gasteiger partial charge in [-0.2, -0.15) is 0 Å². The Morgan fingerprint density at radius 2 is 1.40 bits per heavy atom. The Balaban J connectivity index is 1.98. The van der Waals surface area contributed by atoms with Crippen LogP contribution >= 0.6 is 0 Å². The highest BCUT2D eigenvalue weighted by Gasteiger charge is 2.40. The zero-order valence-corrected chi connectivity index (χ0v) is 21.7. The van der Waals surface area contributed by atoms with Crippen LogP contribution in [0.5, 0.6) is 0 Å². The number of hydrogen-bond donors (Lipinski definition) is 0. The van der Waals surface area contributed by atoms with Crippen LogP contribution in [0.15, 0.2) is 0 Å². The summed E-state index contributed by atoms with van der Waals surface area (Å²) in [5.41, 5.74) is 0.685. The molecule has 2 fully saturated rings. The molecule has 0 aliphatic heterocycles. The van der Waals surface area contributed by atoms with Gasteiger partial charge < -0.3 is 0 Å². The third kappa shape index (κ3) is 9.24. The predicted molar refractivity (Wildman–Crippen MR) is 136 cm³/mol. The van der Waals surface area contributed by atoms with Crippen molar-refractivity contribution in [3.63, 3.8) is 0 Å². The minimum Gasteiger partial charge on any atom is -0.0654 e. The fraction of sp³-hybridized carbons (Fsp3) is 1.00. The van der Waals surface area contributed by atoms with Gasteiger partial charge in [-0.25, -0.2) is 0 Å². The fourth-order valence-electron chi connectivity index (χ4n) is 7.37. The summed E-state index contributed by atoms with van der Waals surface area (Å²) < 4.78 is 0. The third-order valence-corrected chi connectivity index (χ3v) is 9.14. The Hall–Kier alpha value is 0. The molecule has 0 radical (unpaired) electrons. The molecular weight excluding hydrogens is 360 g/mol. The Labute approximate surface area is 191 Å². The van der Waals surface area contributed by atoms with Crippen LogP contribution in [-0.2, 0) is 0 Å². The van der Waals surface area contributed by atoms with Crippen LogP contribution in [0.2, 0.25) is 0 Å². The van der Waals surface area contributed by atoms with E-state index in [1.807, 2.05) is 0 Å². The summed E-state index contributed by atoms with van der Waals surface area (Å²) in [6, 6.07) is 0. The monoisotopic (exact) mass is 418 g/mol. The Morgan fingerprint density at radius 3 is 2.00 bits per heavy atom. The van der Waals surface area contributed by atoms with E-state index in [4.69, 9.17) is 0 Å². The van der Waals surface area contributed by atoms with Gasteiger partial charge in [-0.3, -0.25) is 0 Å². The van der Waals surface area contributed by atoms with Gasteiger partial charge >= 0.3 is 0 Å². The normalized spacial score (nSPS) is 30.3. The van der Waals surface area contributed by atoms with Crippen LogP contribution in [0.25, 0.3) is 0 Å². The lowest BCUT2D eigenvalue weighted by molar-refractivity contribution is 0.0784. The van der Waals surface area contributed by atoms with E-state index < -0.39 is 0 Å². The average molecular weight is 419 g/mol. The topological polar surface area (TPSA) is 0 Å². The van der Waals surface area contributed by atoms with Crippen molar-refractivity contribution in [1.29, 1.82) is 0 Å². The highest BCUT2D eigenvalue weighted by atomic mass is 14.5. The molecule has 0 heterocycles. The van der Waals surface area contributed by atoms with Crippen molar-refractivity contribution in [2.75, 3.05) is 0 Å². The number of rotatable bonds is 10. The van der Waals surface area contributed by atoms with Gasteiger partial charge in [0.2, 0.25) is 0 Å². The van der Waals surface area contributed by atoms with Crippen molar-refractivity contribution in [1.82, 2.24) is 0 Å². The molecular formula is C30H58. The van der Waals surface area contributed by atoms with E-state index in [9.17, 15) is 0 Å². The van der Waals surface area contributed by atoms with Crippen LogP contribution in [0, 0.1) is 29.1 Å². The number of hydrogen-bond acceptors (Lipinski definition) is 0. The molecule has 0 aromatic heterocycles. The van der Waals surface area contributed by atoms with E-state index in [0.29, 0.717) is 5.41 Å². The van der Waals surface area contributed by atoms with E-state index in [1.54, 1.807) is 32.1 Å². The second-order valence-corrected chi connectivity index (χ2v) is 12.0. The lowest BCUT2D eigenvalue weighted by Crippen LogP contribution is -2.32. The predicted octanol–water partition coefficient (Wildman–Crippen LogP) is 10.7. The van der Waals surface area contributed by atoms with Crippen molar-refractivity contribution in [3.8, 4) is 0 Å². The SMILES string of the molecule is CCCC1(CC2CCCCCCCCC2)CCC(CCCCC(C)C)CCC1CC. The molecule has 0 aromatic rings. The molecule has 178 valence electrons. The molecule has 0 amide bonds. The second-order valence-electron chi connectivity index (χ2n) is 12.0. The second kappa shape index (κ2) is 14.9. The van der Waals surface area contributed by atoms with Crippen molar-refractivity contribution < 1.29 is 0 Å². The summed E-state index contributed by atoms with van der Waals surface area (Å²) in [5.74, 6) is 3.96. The summed E-state index contributed by atoms with van der Waals surface area (Å²) in [6.07, 6.45) is 31.7. The first-order chi connectivity index (χ1) is 14.6. The summed E-state index contributed by atoms with van der Waals surface area (Å²) in [6.45, 7) is 9.76. The van der Waals surface area contributed by atoms with Crippen LogP contribution < -0.4 is 0 Å². The van der Waals surface area contributed by atoms with Crippen LogP contribution in [0.1, 0.15) is 163 Å². The first-order valence-corrected chi connectivity index (χ1v) is 14.6. The number of unbranched alkanes of at least 4 members (excludes halogenated alkanes) is 1. The van der Waals surface area contributed by atoms with Crippen molar-refractivity contribution >= 4 is 0 Å². The standard InChI is InChI=1S/C30H58/c1-5-23-30(25-28-18-12-10-8-7-9-11-13-19-28)24-22-27(20-21-29(30)6-2)17-15-14-16-26(3)4/h26-29H,5-25H2,1-4H3. The summed E-state index contributed by atoms with van der Waals surface area (Å²) in [4.78, 5) is 0. The minimum absolute atomic E-state index is 0.685. The first kappa shape index (κ1) is 26.3. The molecule has 2 saturated carbocycles. The van der Waals surface area contributed by atoms with Gasteiger partial charge in [-0.1, -0.05) is 130 Å². The molecule has 2 aliphatic carbocycles. The lowest BCUT2D eigenvalue weighted by Gasteiger charge is -2.43. The quantitative estimate of drug-likeness (QED) is 0.244. The van der Waals surface area contributed by atoms with Gasteiger partial charge in [0.25, 0.3) is 0 Å². The molecule has 0 nitrogen and oxygen atoms in total. The smallest absolute Gasteiger partial charge is 0.0267 e. The fourth-order valence-corrected chi connectivity index (χ4v) is 7.37. The molecule has 0 heteroatoms. The molecule has 0 aromatic carbocycles. The zero-order valence-electron chi connectivity index (χ0n) is 21.7. The molecule has 0 bridgehead atoms. The van der Waals surface area contributed by atoms with Crippen molar-refractivity contribution in [2.45, 2.75) is 163 Å². The van der Waals surface area contributed by atoms with E-state index >= 15 is 0 Å². The Morgan fingerprint density at radius 1 is 0.733 bits per heavy atom. The molecule has 30 heavy (non-hydrogen) atoms. The highest BCUT2D eigenvalue weighted by molar-refractivity contribution is 4.91. The van der Waals surface area contributed by atoms with E-state index in [2.05, 4.69) is 27.7 Å². The third-order valence-electron chi connectivity index (χ3n) is 9.14. The van der Waals surface area contributed by atoms with Crippen molar-refractivity contribution in [2.24, 2.45) is 29.1 Å². The molecule has 0 saturated heterocycles. The van der Waals surface area contributed by atoms with E-state index in [0.717, 1.165) is 23.7 Å². The van der Waals surface area contributed by atoms with Crippen LogP contribution in [0.3, 0.4) is 0 Å². The highest BCUT2D eigenvalue weighted by Crippen LogP contribution is 2.52. The molecule has 3 atom stereocenters. The molecule has 0 N–H and O–H groups in total. The maximum absolute atomic E-state index is 2.52. The van der Waals surface area contributed by atoms with Gasteiger partial charge in [0, 0.05) is 0 Å². The van der Waals surface area contributed by atoms with Crippen LogP contribution in [0.4, 0.5) is 0 Å².